The van der Waals surface area contributed by atoms with Crippen LogP contribution < -0.4 is 4.74 Å². The molecule has 0 saturated carbocycles. The van der Waals surface area contributed by atoms with Crippen LogP contribution in [0.1, 0.15) is 44.2 Å². The van der Waals surface area contributed by atoms with Gasteiger partial charge in [-0.1, -0.05) is 49.7 Å². The molecule has 1 aliphatic rings. The van der Waals surface area contributed by atoms with Crippen molar-refractivity contribution in [2.45, 2.75) is 39.7 Å². The predicted octanol–water partition coefficient (Wildman–Crippen LogP) is 5.90. The molecule has 1 aliphatic heterocycles. The van der Waals surface area contributed by atoms with E-state index in [1.807, 2.05) is 59.5 Å². The maximum Gasteiger partial charge on any atom is 0.246 e. The molecule has 0 aromatic heterocycles. The van der Waals surface area contributed by atoms with E-state index >= 15 is 0 Å². The van der Waals surface area contributed by atoms with E-state index < -0.39 is 0 Å². The third-order valence-electron chi connectivity index (χ3n) is 5.93. The molecule has 172 valence electrons. The average Bonchev–Trinajstić information content (AvgIpc) is 2.81. The fraction of sp³-hybridized carbons (Fsp3) is 0.444. The summed E-state index contributed by atoms with van der Waals surface area (Å²) in [6.07, 6.45) is 7.02. The second kappa shape index (κ2) is 12.7. The number of carbonyl (C=O) groups is 1. The normalized spacial score (nSPS) is 15.2. The Kier molecular flexibility index (Phi) is 9.63. The first-order chi connectivity index (χ1) is 15.5. The Morgan fingerprint density at radius 1 is 1.12 bits per heavy atom. The molecule has 0 unspecified atom stereocenters. The largest absolute Gasteiger partial charge is 0.494 e. The van der Waals surface area contributed by atoms with Crippen LogP contribution in [0, 0.1) is 5.92 Å². The molecule has 0 aliphatic carbocycles. The first kappa shape index (κ1) is 24.3. The van der Waals surface area contributed by atoms with Crippen molar-refractivity contribution in [3.05, 3.63) is 70.8 Å². The van der Waals surface area contributed by atoms with Gasteiger partial charge < -0.3 is 14.5 Å². The van der Waals surface area contributed by atoms with Crippen LogP contribution in [0.5, 0.6) is 5.75 Å². The molecular formula is C27H35ClN2O2. The zero-order valence-electron chi connectivity index (χ0n) is 19.3. The van der Waals surface area contributed by atoms with E-state index in [9.17, 15) is 4.79 Å². The Morgan fingerprint density at radius 2 is 1.81 bits per heavy atom. The number of hydrogen-bond donors (Lipinski definition) is 0. The number of halogens is 1. The Morgan fingerprint density at radius 3 is 2.47 bits per heavy atom. The number of carbonyl (C=O) groups excluding carboxylic acids is 1. The minimum atomic E-state index is 0.0247. The molecule has 4 nitrogen and oxygen atoms in total. The topological polar surface area (TPSA) is 32.8 Å². The van der Waals surface area contributed by atoms with Gasteiger partial charge in [-0.15, -0.1) is 0 Å². The highest BCUT2D eigenvalue weighted by Gasteiger charge is 2.18. The molecule has 2 aromatic carbocycles. The van der Waals surface area contributed by atoms with Gasteiger partial charge in [-0.3, -0.25) is 4.79 Å². The van der Waals surface area contributed by atoms with Crippen molar-refractivity contribution in [1.82, 2.24) is 9.80 Å². The van der Waals surface area contributed by atoms with Crippen LogP contribution in [-0.2, 0) is 11.3 Å². The molecule has 2 aromatic rings. The number of piperidine rings is 1. The van der Waals surface area contributed by atoms with Crippen LogP contribution in [-0.4, -0.2) is 48.5 Å². The van der Waals surface area contributed by atoms with Gasteiger partial charge in [0.05, 0.1) is 6.61 Å². The molecule has 1 heterocycles. The van der Waals surface area contributed by atoms with Gasteiger partial charge in [-0.2, -0.15) is 0 Å². The van der Waals surface area contributed by atoms with Crippen molar-refractivity contribution in [3.8, 4) is 5.75 Å². The summed E-state index contributed by atoms with van der Waals surface area (Å²) < 4.78 is 5.63. The van der Waals surface area contributed by atoms with Gasteiger partial charge >= 0.3 is 0 Å². The SMILES string of the molecule is CCCOc1ccc(/C=C/C(=O)N(CCN2CCC(C)CC2)Cc2ccc(Cl)cc2)cc1. The lowest BCUT2D eigenvalue weighted by Crippen LogP contribution is -2.40. The molecule has 0 bridgehead atoms. The second-order valence-electron chi connectivity index (χ2n) is 8.66. The van der Waals surface area contributed by atoms with Crippen LogP contribution in [0.15, 0.2) is 54.6 Å². The van der Waals surface area contributed by atoms with E-state index in [0.717, 1.165) is 48.8 Å². The first-order valence-electron chi connectivity index (χ1n) is 11.7. The quantitative estimate of drug-likeness (QED) is 0.419. The number of hydrogen-bond acceptors (Lipinski definition) is 3. The van der Waals surface area contributed by atoms with Gasteiger partial charge in [0.25, 0.3) is 0 Å². The smallest absolute Gasteiger partial charge is 0.246 e. The number of benzene rings is 2. The Labute approximate surface area is 197 Å². The van der Waals surface area contributed by atoms with Gasteiger partial charge in [-0.05, 0) is 79.7 Å². The lowest BCUT2D eigenvalue weighted by atomic mass is 9.99. The molecule has 0 spiro atoms. The molecular weight excluding hydrogens is 420 g/mol. The zero-order chi connectivity index (χ0) is 22.8. The van der Waals surface area contributed by atoms with Gasteiger partial charge in [0.1, 0.15) is 5.75 Å². The standard InChI is InChI=1S/C27H35ClN2O2/c1-3-20-32-26-11-6-23(7-12-26)8-13-27(31)30(21-24-4-9-25(28)10-5-24)19-18-29-16-14-22(2)15-17-29/h4-13,22H,3,14-21H2,1-2H3/b13-8+. The van der Waals surface area contributed by atoms with Crippen LogP contribution in [0.4, 0.5) is 0 Å². The van der Waals surface area contributed by atoms with Crippen molar-refractivity contribution < 1.29 is 9.53 Å². The Bertz CT molecular complexity index is 856. The van der Waals surface area contributed by atoms with Crippen molar-refractivity contribution >= 4 is 23.6 Å². The molecule has 3 rings (SSSR count). The molecule has 0 atom stereocenters. The van der Waals surface area contributed by atoms with Gasteiger partial charge in [0, 0.05) is 30.7 Å². The van der Waals surface area contributed by atoms with Crippen LogP contribution in [0.3, 0.4) is 0 Å². The van der Waals surface area contributed by atoms with E-state index in [4.69, 9.17) is 16.3 Å². The third-order valence-corrected chi connectivity index (χ3v) is 6.18. The third kappa shape index (κ3) is 7.99. The lowest BCUT2D eigenvalue weighted by molar-refractivity contribution is -0.126. The van der Waals surface area contributed by atoms with Crippen molar-refractivity contribution in [1.29, 1.82) is 0 Å². The average molecular weight is 455 g/mol. The summed E-state index contributed by atoms with van der Waals surface area (Å²) in [6.45, 7) is 9.55. The molecule has 5 heteroatoms. The highest BCUT2D eigenvalue weighted by Crippen LogP contribution is 2.17. The minimum absolute atomic E-state index is 0.0247. The number of ether oxygens (including phenoxy) is 1. The fourth-order valence-corrected chi connectivity index (χ4v) is 3.92. The molecule has 1 amide bonds. The van der Waals surface area contributed by atoms with Crippen LogP contribution in [0.25, 0.3) is 6.08 Å². The second-order valence-corrected chi connectivity index (χ2v) is 9.10. The monoisotopic (exact) mass is 454 g/mol. The number of likely N-dealkylation sites (tertiary alicyclic amines) is 1. The van der Waals surface area contributed by atoms with Gasteiger partial charge in [0.15, 0.2) is 0 Å². The summed E-state index contributed by atoms with van der Waals surface area (Å²) in [5.74, 6) is 1.69. The first-order valence-corrected chi connectivity index (χ1v) is 12.1. The molecule has 1 saturated heterocycles. The number of nitrogens with zero attached hydrogens (tertiary/aromatic N) is 2. The fourth-order valence-electron chi connectivity index (χ4n) is 3.79. The molecule has 0 radical (unpaired) electrons. The van der Waals surface area contributed by atoms with Gasteiger partial charge in [-0.25, -0.2) is 0 Å². The maximum atomic E-state index is 13.1. The van der Waals surface area contributed by atoms with Crippen LogP contribution >= 0.6 is 11.6 Å². The lowest BCUT2D eigenvalue weighted by Gasteiger charge is -2.32. The highest BCUT2D eigenvalue weighted by molar-refractivity contribution is 6.30. The van der Waals surface area contributed by atoms with Gasteiger partial charge in [0.2, 0.25) is 5.91 Å². The number of rotatable bonds is 10. The predicted molar refractivity (Wildman–Crippen MR) is 133 cm³/mol. The van der Waals surface area contributed by atoms with Crippen molar-refractivity contribution in [2.75, 3.05) is 32.8 Å². The van der Waals surface area contributed by atoms with Crippen LogP contribution in [0.2, 0.25) is 5.02 Å². The summed E-state index contributed by atoms with van der Waals surface area (Å²) in [4.78, 5) is 17.5. The van der Waals surface area contributed by atoms with E-state index in [2.05, 4.69) is 18.7 Å². The summed E-state index contributed by atoms with van der Waals surface area (Å²) >= 11 is 6.03. The molecule has 0 N–H and O–H groups in total. The van der Waals surface area contributed by atoms with E-state index in [-0.39, 0.29) is 5.91 Å². The van der Waals surface area contributed by atoms with Crippen molar-refractivity contribution in [2.24, 2.45) is 5.92 Å². The molecule has 32 heavy (non-hydrogen) atoms. The zero-order valence-corrected chi connectivity index (χ0v) is 20.1. The van der Waals surface area contributed by atoms with Crippen molar-refractivity contribution in [3.63, 3.8) is 0 Å². The molecule has 1 fully saturated rings. The minimum Gasteiger partial charge on any atom is -0.494 e. The number of amides is 1. The Balaban J connectivity index is 1.63. The highest BCUT2D eigenvalue weighted by atomic mass is 35.5. The van der Waals surface area contributed by atoms with E-state index in [0.29, 0.717) is 24.7 Å². The summed E-state index contributed by atoms with van der Waals surface area (Å²) in [5, 5.41) is 0.709. The van der Waals surface area contributed by atoms with E-state index in [1.165, 1.54) is 12.8 Å². The summed E-state index contributed by atoms with van der Waals surface area (Å²) in [5.41, 5.74) is 2.07. The maximum absolute atomic E-state index is 13.1. The Hall–Kier alpha value is -2.30. The van der Waals surface area contributed by atoms with E-state index in [1.54, 1.807) is 6.08 Å². The summed E-state index contributed by atoms with van der Waals surface area (Å²) in [6, 6.07) is 15.6. The summed E-state index contributed by atoms with van der Waals surface area (Å²) in [7, 11) is 0.